The van der Waals surface area contributed by atoms with Gasteiger partial charge in [0.05, 0.1) is 12.7 Å². The van der Waals surface area contributed by atoms with Gasteiger partial charge in [0, 0.05) is 31.6 Å². The minimum atomic E-state index is -0.805. The van der Waals surface area contributed by atoms with Crippen LogP contribution in [0.1, 0.15) is 27.2 Å². The normalized spacial score (nSPS) is 37.3. The number of hydrogen-bond donors (Lipinski definition) is 2. The summed E-state index contributed by atoms with van der Waals surface area (Å²) < 4.78 is 10.8. The van der Waals surface area contributed by atoms with Crippen LogP contribution in [0.15, 0.2) is 0 Å². The number of carbonyl (C=O) groups excluding carboxylic acids is 1. The molecule has 0 spiro atoms. The predicted octanol–water partition coefficient (Wildman–Crippen LogP) is 0.528. The van der Waals surface area contributed by atoms with Crippen molar-refractivity contribution >= 4 is 5.91 Å². The average molecular weight is 270 g/mol. The summed E-state index contributed by atoms with van der Waals surface area (Å²) in [6.45, 7) is 8.04. The molecule has 2 rings (SSSR count). The molecule has 110 valence electrons. The molecular weight excluding hydrogens is 244 g/mol. The molecule has 0 aromatic rings. The van der Waals surface area contributed by atoms with Gasteiger partial charge in [-0.05, 0) is 12.3 Å². The van der Waals surface area contributed by atoms with E-state index in [1.807, 2.05) is 20.8 Å². The first kappa shape index (κ1) is 14.8. The van der Waals surface area contributed by atoms with Crippen LogP contribution in [0, 0.1) is 17.3 Å². The van der Waals surface area contributed by atoms with E-state index in [1.54, 1.807) is 7.11 Å². The SMILES string of the molecule is COCC(C)CNC(=O)C1(N)C2CCOC2C1(C)C. The Morgan fingerprint density at radius 1 is 1.58 bits per heavy atom. The van der Waals surface area contributed by atoms with Crippen molar-refractivity contribution in [3.05, 3.63) is 0 Å². The molecule has 4 atom stereocenters. The molecule has 0 aromatic carbocycles. The second-order valence-corrected chi connectivity index (χ2v) is 6.55. The topological polar surface area (TPSA) is 73.6 Å². The largest absolute Gasteiger partial charge is 0.384 e. The number of carbonyl (C=O) groups is 1. The molecule has 0 bridgehead atoms. The Hall–Kier alpha value is -0.650. The van der Waals surface area contributed by atoms with Gasteiger partial charge in [0.1, 0.15) is 5.54 Å². The minimum Gasteiger partial charge on any atom is -0.384 e. The van der Waals surface area contributed by atoms with Crippen molar-refractivity contribution in [1.29, 1.82) is 0 Å². The average Bonchev–Trinajstić information content (AvgIpc) is 2.83. The number of rotatable bonds is 5. The van der Waals surface area contributed by atoms with E-state index < -0.39 is 5.54 Å². The van der Waals surface area contributed by atoms with Crippen molar-refractivity contribution in [3.63, 3.8) is 0 Å². The molecule has 4 unspecified atom stereocenters. The fourth-order valence-electron chi connectivity index (χ4n) is 3.60. The second kappa shape index (κ2) is 5.04. The summed E-state index contributed by atoms with van der Waals surface area (Å²) >= 11 is 0. The van der Waals surface area contributed by atoms with Gasteiger partial charge < -0.3 is 20.5 Å². The lowest BCUT2D eigenvalue weighted by atomic mass is 9.48. The van der Waals surface area contributed by atoms with Crippen molar-refractivity contribution in [1.82, 2.24) is 5.32 Å². The van der Waals surface area contributed by atoms with Gasteiger partial charge in [0.2, 0.25) is 5.91 Å². The summed E-state index contributed by atoms with van der Waals surface area (Å²) in [5.41, 5.74) is 5.34. The van der Waals surface area contributed by atoms with E-state index >= 15 is 0 Å². The van der Waals surface area contributed by atoms with Crippen LogP contribution in [0.2, 0.25) is 0 Å². The zero-order chi connectivity index (χ0) is 14.3. The van der Waals surface area contributed by atoms with Crippen LogP contribution >= 0.6 is 0 Å². The molecule has 0 radical (unpaired) electrons. The summed E-state index contributed by atoms with van der Waals surface area (Å²) in [5, 5.41) is 2.98. The van der Waals surface area contributed by atoms with Crippen molar-refractivity contribution in [3.8, 4) is 0 Å². The molecular formula is C14H26N2O3. The number of nitrogens with two attached hydrogens (primary N) is 1. The molecule has 5 heteroatoms. The molecule has 1 aliphatic heterocycles. The molecule has 5 nitrogen and oxygen atoms in total. The van der Waals surface area contributed by atoms with E-state index in [4.69, 9.17) is 15.2 Å². The van der Waals surface area contributed by atoms with Crippen LogP contribution in [0.25, 0.3) is 0 Å². The highest BCUT2D eigenvalue weighted by Gasteiger charge is 2.71. The third-order valence-electron chi connectivity index (χ3n) is 4.89. The highest BCUT2D eigenvalue weighted by Crippen LogP contribution is 2.58. The molecule has 1 amide bonds. The Balaban J connectivity index is 1.98. The third-order valence-corrected chi connectivity index (χ3v) is 4.89. The molecule has 3 N–H and O–H groups in total. The van der Waals surface area contributed by atoms with Gasteiger partial charge in [-0.2, -0.15) is 0 Å². The van der Waals surface area contributed by atoms with Crippen LogP contribution < -0.4 is 11.1 Å². The van der Waals surface area contributed by atoms with Crippen molar-refractivity contribution < 1.29 is 14.3 Å². The maximum Gasteiger partial charge on any atom is 0.241 e. The van der Waals surface area contributed by atoms with Crippen LogP contribution in [0.3, 0.4) is 0 Å². The molecule has 1 aliphatic carbocycles. The maximum atomic E-state index is 12.5. The maximum absolute atomic E-state index is 12.5. The number of methoxy groups -OCH3 is 1. The van der Waals surface area contributed by atoms with E-state index in [9.17, 15) is 4.79 Å². The van der Waals surface area contributed by atoms with E-state index in [0.29, 0.717) is 19.8 Å². The first-order chi connectivity index (χ1) is 8.85. The van der Waals surface area contributed by atoms with Crippen molar-refractivity contribution in [2.24, 2.45) is 23.0 Å². The first-order valence-electron chi connectivity index (χ1n) is 7.03. The van der Waals surface area contributed by atoms with Gasteiger partial charge in [-0.1, -0.05) is 20.8 Å². The van der Waals surface area contributed by atoms with Gasteiger partial charge >= 0.3 is 0 Å². The summed E-state index contributed by atoms with van der Waals surface area (Å²) in [5.74, 6) is 0.392. The molecule has 1 saturated carbocycles. The molecule has 1 saturated heterocycles. The summed E-state index contributed by atoms with van der Waals surface area (Å²) in [6.07, 6.45) is 1.01. The first-order valence-corrected chi connectivity index (χ1v) is 7.03. The number of nitrogens with one attached hydrogen (secondary N) is 1. The van der Waals surface area contributed by atoms with Crippen LogP contribution in [0.4, 0.5) is 0 Å². The Bertz CT molecular complexity index is 359. The van der Waals surface area contributed by atoms with Gasteiger partial charge in [-0.15, -0.1) is 0 Å². The lowest BCUT2D eigenvalue weighted by molar-refractivity contribution is -0.175. The fourth-order valence-corrected chi connectivity index (χ4v) is 3.60. The summed E-state index contributed by atoms with van der Waals surface area (Å²) in [6, 6.07) is 0. The lowest BCUT2D eigenvalue weighted by Gasteiger charge is -2.60. The van der Waals surface area contributed by atoms with Crippen LogP contribution in [-0.4, -0.2) is 44.4 Å². The molecule has 0 aromatic heterocycles. The highest BCUT2D eigenvalue weighted by atomic mass is 16.5. The van der Waals surface area contributed by atoms with E-state index in [2.05, 4.69) is 5.32 Å². The number of amides is 1. The van der Waals surface area contributed by atoms with Gasteiger partial charge in [0.15, 0.2) is 0 Å². The zero-order valence-corrected chi connectivity index (χ0v) is 12.4. The van der Waals surface area contributed by atoms with Crippen molar-refractivity contribution in [2.75, 3.05) is 26.9 Å². The summed E-state index contributed by atoms with van der Waals surface area (Å²) in [7, 11) is 1.66. The number of ether oxygens (including phenoxy) is 2. The zero-order valence-electron chi connectivity index (χ0n) is 12.4. The summed E-state index contributed by atoms with van der Waals surface area (Å²) in [4.78, 5) is 12.5. The van der Waals surface area contributed by atoms with E-state index in [0.717, 1.165) is 6.42 Å². The van der Waals surface area contributed by atoms with Crippen LogP contribution in [-0.2, 0) is 14.3 Å². The van der Waals surface area contributed by atoms with Gasteiger partial charge in [-0.25, -0.2) is 0 Å². The molecule has 1 heterocycles. The molecule has 2 fully saturated rings. The molecule has 19 heavy (non-hydrogen) atoms. The number of hydrogen-bond acceptors (Lipinski definition) is 4. The van der Waals surface area contributed by atoms with E-state index in [1.165, 1.54) is 0 Å². The second-order valence-electron chi connectivity index (χ2n) is 6.55. The fraction of sp³-hybridized carbons (Fsp3) is 0.929. The Kier molecular flexibility index (Phi) is 3.91. The highest BCUT2D eigenvalue weighted by molar-refractivity contribution is 5.89. The molecule has 2 aliphatic rings. The van der Waals surface area contributed by atoms with E-state index in [-0.39, 0.29) is 29.3 Å². The monoisotopic (exact) mass is 270 g/mol. The lowest BCUT2D eigenvalue weighted by Crippen LogP contribution is -2.80. The minimum absolute atomic E-state index is 0.0489. The van der Waals surface area contributed by atoms with Gasteiger partial charge in [0.25, 0.3) is 0 Å². The van der Waals surface area contributed by atoms with Crippen LogP contribution in [0.5, 0.6) is 0 Å². The Labute approximate surface area is 115 Å². The predicted molar refractivity (Wildman–Crippen MR) is 72.6 cm³/mol. The quantitative estimate of drug-likeness (QED) is 0.764. The Morgan fingerprint density at radius 3 is 2.89 bits per heavy atom. The number of fused-ring (bicyclic) bond motifs is 1. The Morgan fingerprint density at radius 2 is 2.26 bits per heavy atom. The van der Waals surface area contributed by atoms with Gasteiger partial charge in [-0.3, -0.25) is 4.79 Å². The standard InChI is InChI=1S/C14H26N2O3/c1-9(8-18-4)7-16-12(17)14(15)10-5-6-19-11(10)13(14,2)3/h9-11H,5-8,15H2,1-4H3,(H,16,17). The smallest absolute Gasteiger partial charge is 0.241 e. The van der Waals surface area contributed by atoms with Crippen molar-refractivity contribution in [2.45, 2.75) is 38.8 Å². The third kappa shape index (κ3) is 2.08.